The highest BCUT2D eigenvalue weighted by Gasteiger charge is 2.02. The Labute approximate surface area is 79.7 Å². The van der Waals surface area contributed by atoms with E-state index >= 15 is 0 Å². The van der Waals surface area contributed by atoms with Gasteiger partial charge in [0.15, 0.2) is 0 Å². The first kappa shape index (κ1) is 9.78. The molecule has 0 saturated carbocycles. The number of benzene rings is 1. The van der Waals surface area contributed by atoms with Crippen molar-refractivity contribution >= 4 is 17.6 Å². The average molecular weight is 176 g/mol. The van der Waals surface area contributed by atoms with Gasteiger partial charge in [0.25, 0.3) is 0 Å². The third kappa shape index (κ3) is 2.08. The summed E-state index contributed by atoms with van der Waals surface area (Å²) < 4.78 is 0. The maximum atomic E-state index is 4.36. The van der Waals surface area contributed by atoms with Gasteiger partial charge in [-0.1, -0.05) is 19.1 Å². The Balaban J connectivity index is 3.21. The van der Waals surface area contributed by atoms with Gasteiger partial charge in [-0.15, -0.1) is 0 Å². The summed E-state index contributed by atoms with van der Waals surface area (Å²) in [5.41, 5.74) is 3.44. The number of nitrogens with one attached hydrogen (secondary N) is 1. The van der Waals surface area contributed by atoms with Gasteiger partial charge in [0.2, 0.25) is 0 Å². The first-order valence-corrected chi connectivity index (χ1v) is 4.61. The molecular formula is C11H16N2. The van der Waals surface area contributed by atoms with Gasteiger partial charge in [0, 0.05) is 13.3 Å². The normalized spacial score (nSPS) is 10.7. The smallest absolute Gasteiger partial charge is 0.0888 e. The lowest BCUT2D eigenvalue weighted by atomic mass is 10.1. The molecule has 0 spiro atoms. The first-order valence-electron chi connectivity index (χ1n) is 4.61. The van der Waals surface area contributed by atoms with Crippen LogP contribution in [0.4, 0.5) is 11.4 Å². The van der Waals surface area contributed by atoms with Crippen molar-refractivity contribution in [3.8, 4) is 0 Å². The van der Waals surface area contributed by atoms with Crippen LogP contribution in [-0.2, 0) is 6.42 Å². The number of nitrogens with zero attached hydrogens (tertiary/aromatic N) is 1. The SMILES string of the molecule is CC=Nc1c(CC)cccc1NC. The summed E-state index contributed by atoms with van der Waals surface area (Å²) in [6.45, 7) is 4.08. The molecule has 0 aromatic heterocycles. The number of para-hydroxylation sites is 1. The standard InChI is InChI=1S/C11H16N2/c1-4-9-7-6-8-10(12-3)11(9)13-5-2/h5-8,12H,4H2,1-3H3. The number of rotatable bonds is 3. The second-order valence-corrected chi connectivity index (χ2v) is 2.80. The highest BCUT2D eigenvalue weighted by molar-refractivity contribution is 5.74. The predicted octanol–water partition coefficient (Wildman–Crippen LogP) is 3.01. The minimum atomic E-state index is 1.02. The van der Waals surface area contributed by atoms with E-state index in [-0.39, 0.29) is 0 Å². The molecule has 0 radical (unpaired) electrons. The zero-order valence-corrected chi connectivity index (χ0v) is 8.46. The maximum Gasteiger partial charge on any atom is 0.0888 e. The van der Waals surface area contributed by atoms with E-state index in [4.69, 9.17) is 0 Å². The van der Waals surface area contributed by atoms with Crippen molar-refractivity contribution in [1.29, 1.82) is 0 Å². The molecule has 2 heteroatoms. The molecule has 1 aromatic rings. The van der Waals surface area contributed by atoms with E-state index in [2.05, 4.69) is 29.4 Å². The minimum Gasteiger partial charge on any atom is -0.386 e. The molecule has 0 aliphatic rings. The Morgan fingerprint density at radius 1 is 1.46 bits per heavy atom. The van der Waals surface area contributed by atoms with Crippen LogP contribution in [0.1, 0.15) is 19.4 Å². The summed E-state index contributed by atoms with van der Waals surface area (Å²) in [5, 5.41) is 3.14. The summed E-state index contributed by atoms with van der Waals surface area (Å²) in [7, 11) is 1.92. The molecule has 70 valence electrons. The van der Waals surface area contributed by atoms with Crippen molar-refractivity contribution in [3.05, 3.63) is 23.8 Å². The minimum absolute atomic E-state index is 1.02. The van der Waals surface area contributed by atoms with Gasteiger partial charge in [0.1, 0.15) is 0 Å². The Morgan fingerprint density at radius 3 is 2.77 bits per heavy atom. The molecule has 0 heterocycles. The van der Waals surface area contributed by atoms with E-state index in [9.17, 15) is 0 Å². The molecule has 13 heavy (non-hydrogen) atoms. The predicted molar refractivity (Wildman–Crippen MR) is 59.2 cm³/mol. The van der Waals surface area contributed by atoms with E-state index in [1.807, 2.05) is 26.3 Å². The number of aliphatic imine (C=N–C) groups is 1. The number of anilines is 1. The van der Waals surface area contributed by atoms with Gasteiger partial charge < -0.3 is 5.32 Å². The van der Waals surface area contributed by atoms with Crippen LogP contribution in [0, 0.1) is 0 Å². The van der Waals surface area contributed by atoms with Crippen molar-refractivity contribution in [3.63, 3.8) is 0 Å². The lowest BCUT2D eigenvalue weighted by Gasteiger charge is -2.08. The Hall–Kier alpha value is -1.31. The van der Waals surface area contributed by atoms with Crippen molar-refractivity contribution in [2.45, 2.75) is 20.3 Å². The summed E-state index contributed by atoms with van der Waals surface area (Å²) in [6, 6.07) is 6.21. The molecular weight excluding hydrogens is 160 g/mol. The average Bonchev–Trinajstić information content (AvgIpc) is 2.18. The van der Waals surface area contributed by atoms with Crippen LogP contribution in [0.2, 0.25) is 0 Å². The van der Waals surface area contributed by atoms with Crippen LogP contribution in [0.15, 0.2) is 23.2 Å². The lowest BCUT2D eigenvalue weighted by molar-refractivity contribution is 1.13. The fraction of sp³-hybridized carbons (Fsp3) is 0.364. The van der Waals surface area contributed by atoms with E-state index in [1.165, 1.54) is 5.56 Å². The fourth-order valence-electron chi connectivity index (χ4n) is 1.36. The van der Waals surface area contributed by atoms with Gasteiger partial charge in [-0.25, -0.2) is 0 Å². The van der Waals surface area contributed by atoms with Gasteiger partial charge in [-0.05, 0) is 25.0 Å². The summed E-state index contributed by atoms with van der Waals surface area (Å²) in [5.74, 6) is 0. The van der Waals surface area contributed by atoms with Gasteiger partial charge in [-0.2, -0.15) is 0 Å². The van der Waals surface area contributed by atoms with Gasteiger partial charge in [0.05, 0.1) is 11.4 Å². The molecule has 0 bridgehead atoms. The van der Waals surface area contributed by atoms with Gasteiger partial charge >= 0.3 is 0 Å². The molecule has 0 saturated heterocycles. The number of hydrogen-bond acceptors (Lipinski definition) is 2. The molecule has 1 N–H and O–H groups in total. The maximum absolute atomic E-state index is 4.36. The van der Waals surface area contributed by atoms with Crippen LogP contribution >= 0.6 is 0 Å². The molecule has 1 rings (SSSR count). The molecule has 0 aliphatic carbocycles. The second-order valence-electron chi connectivity index (χ2n) is 2.80. The van der Waals surface area contributed by atoms with E-state index < -0.39 is 0 Å². The molecule has 0 unspecified atom stereocenters. The summed E-state index contributed by atoms with van der Waals surface area (Å²) >= 11 is 0. The van der Waals surface area contributed by atoms with E-state index in [0.717, 1.165) is 17.8 Å². The first-order chi connectivity index (χ1) is 6.33. The van der Waals surface area contributed by atoms with Crippen molar-refractivity contribution in [2.75, 3.05) is 12.4 Å². The Bertz CT molecular complexity index is 281. The topological polar surface area (TPSA) is 24.4 Å². The third-order valence-corrected chi connectivity index (χ3v) is 2.03. The zero-order chi connectivity index (χ0) is 9.68. The van der Waals surface area contributed by atoms with Crippen LogP contribution < -0.4 is 5.32 Å². The summed E-state index contributed by atoms with van der Waals surface area (Å²) in [4.78, 5) is 4.36. The lowest BCUT2D eigenvalue weighted by Crippen LogP contribution is -1.91. The van der Waals surface area contributed by atoms with Crippen LogP contribution in [0.5, 0.6) is 0 Å². The van der Waals surface area contributed by atoms with Crippen molar-refractivity contribution in [2.24, 2.45) is 4.99 Å². The van der Waals surface area contributed by atoms with Crippen LogP contribution in [0.3, 0.4) is 0 Å². The molecule has 0 amide bonds. The Kier molecular flexibility index (Phi) is 3.50. The highest BCUT2D eigenvalue weighted by Crippen LogP contribution is 2.28. The third-order valence-electron chi connectivity index (χ3n) is 2.03. The van der Waals surface area contributed by atoms with Crippen molar-refractivity contribution in [1.82, 2.24) is 0 Å². The summed E-state index contributed by atoms with van der Waals surface area (Å²) in [6.07, 6.45) is 2.84. The monoisotopic (exact) mass is 176 g/mol. The molecule has 0 aliphatic heterocycles. The zero-order valence-electron chi connectivity index (χ0n) is 8.46. The van der Waals surface area contributed by atoms with Crippen LogP contribution in [0.25, 0.3) is 0 Å². The molecule has 2 nitrogen and oxygen atoms in total. The van der Waals surface area contributed by atoms with Crippen LogP contribution in [-0.4, -0.2) is 13.3 Å². The largest absolute Gasteiger partial charge is 0.386 e. The molecule has 0 fully saturated rings. The Morgan fingerprint density at radius 2 is 2.23 bits per heavy atom. The second kappa shape index (κ2) is 4.65. The number of aryl methyl sites for hydroxylation is 1. The van der Waals surface area contributed by atoms with Crippen molar-refractivity contribution < 1.29 is 0 Å². The van der Waals surface area contributed by atoms with Gasteiger partial charge in [-0.3, -0.25) is 4.99 Å². The molecule has 1 aromatic carbocycles. The van der Waals surface area contributed by atoms with E-state index in [1.54, 1.807) is 0 Å². The fourth-order valence-corrected chi connectivity index (χ4v) is 1.36. The highest BCUT2D eigenvalue weighted by atomic mass is 14.9. The molecule has 0 atom stereocenters. The quantitative estimate of drug-likeness (QED) is 0.703. The van der Waals surface area contributed by atoms with E-state index in [0.29, 0.717) is 0 Å². The number of hydrogen-bond donors (Lipinski definition) is 1.